The largest absolute Gasteiger partial charge is 0.496 e. The summed E-state index contributed by atoms with van der Waals surface area (Å²) in [4.78, 5) is 11.9. The molecule has 0 aliphatic rings. The fraction of sp³-hybridized carbons (Fsp3) is 0.462. The lowest BCUT2D eigenvalue weighted by Gasteiger charge is -2.08. The summed E-state index contributed by atoms with van der Waals surface area (Å²) in [6, 6.07) is 5.61. The summed E-state index contributed by atoms with van der Waals surface area (Å²) in [5.41, 5.74) is 1.70. The lowest BCUT2D eigenvalue weighted by Crippen LogP contribution is -2.06. The highest BCUT2D eigenvalue weighted by Crippen LogP contribution is 2.21. The number of hydrogen-bond acceptors (Lipinski definition) is 3. The smallest absolute Gasteiger partial charge is 0.168 e. The van der Waals surface area contributed by atoms with Crippen LogP contribution < -0.4 is 4.74 Å². The molecule has 0 fully saturated rings. The van der Waals surface area contributed by atoms with Gasteiger partial charge < -0.3 is 9.47 Å². The van der Waals surface area contributed by atoms with Crippen molar-refractivity contribution < 1.29 is 14.3 Å². The summed E-state index contributed by atoms with van der Waals surface area (Å²) in [7, 11) is 1.57. The number of Topliss-reactive ketones (excluding diaryl/α,β-unsaturated/α-hetero) is 1. The molecule has 16 heavy (non-hydrogen) atoms. The van der Waals surface area contributed by atoms with Gasteiger partial charge in [-0.25, -0.2) is 0 Å². The van der Waals surface area contributed by atoms with Crippen LogP contribution in [0.1, 0.15) is 29.3 Å². The van der Waals surface area contributed by atoms with E-state index in [4.69, 9.17) is 9.47 Å². The number of ketones is 1. The molecule has 1 rings (SSSR count). The molecule has 88 valence electrons. The van der Waals surface area contributed by atoms with E-state index in [0.717, 1.165) is 5.56 Å². The Balaban J connectivity index is 2.76. The number of carbonyl (C=O) groups excluding carboxylic acids is 1. The van der Waals surface area contributed by atoms with Gasteiger partial charge >= 0.3 is 0 Å². The summed E-state index contributed by atoms with van der Waals surface area (Å²) >= 11 is 0. The molecule has 0 radical (unpaired) electrons. The number of hydrogen-bond donors (Lipinski definition) is 0. The van der Waals surface area contributed by atoms with Gasteiger partial charge in [0.05, 0.1) is 19.3 Å². The number of carbonyl (C=O) groups is 1. The predicted octanol–water partition coefficient (Wildman–Crippen LogP) is 2.61. The molecule has 0 atom stereocenters. The average Bonchev–Trinajstić information content (AvgIpc) is 2.29. The van der Waals surface area contributed by atoms with E-state index in [1.54, 1.807) is 7.11 Å². The first-order valence-electron chi connectivity index (χ1n) is 5.44. The Morgan fingerprint density at radius 1 is 1.38 bits per heavy atom. The fourth-order valence-electron chi connectivity index (χ4n) is 1.48. The summed E-state index contributed by atoms with van der Waals surface area (Å²) in [6.07, 6.45) is 0.396. The standard InChI is InChI=1S/C13H18O3/c1-4-16-8-7-12(14)11-9-10(2)5-6-13(11)15-3/h5-6,9H,4,7-8H2,1-3H3. The van der Waals surface area contributed by atoms with Crippen LogP contribution in [0.15, 0.2) is 18.2 Å². The predicted molar refractivity (Wildman–Crippen MR) is 63.2 cm³/mol. The van der Waals surface area contributed by atoms with E-state index in [1.807, 2.05) is 32.0 Å². The van der Waals surface area contributed by atoms with Crippen molar-refractivity contribution in [2.75, 3.05) is 20.3 Å². The van der Waals surface area contributed by atoms with Gasteiger partial charge in [-0.15, -0.1) is 0 Å². The Morgan fingerprint density at radius 2 is 2.12 bits per heavy atom. The van der Waals surface area contributed by atoms with Crippen LogP contribution in [0.5, 0.6) is 5.75 Å². The second kappa shape index (κ2) is 6.28. The molecular weight excluding hydrogens is 204 g/mol. The Morgan fingerprint density at radius 3 is 2.75 bits per heavy atom. The molecule has 0 N–H and O–H groups in total. The average molecular weight is 222 g/mol. The number of methoxy groups -OCH3 is 1. The van der Waals surface area contributed by atoms with Gasteiger partial charge in [-0.1, -0.05) is 11.6 Å². The van der Waals surface area contributed by atoms with E-state index in [1.165, 1.54) is 0 Å². The van der Waals surface area contributed by atoms with Crippen LogP contribution in [0.25, 0.3) is 0 Å². The van der Waals surface area contributed by atoms with Crippen molar-refractivity contribution in [1.82, 2.24) is 0 Å². The van der Waals surface area contributed by atoms with Gasteiger partial charge in [0, 0.05) is 13.0 Å². The number of benzene rings is 1. The maximum absolute atomic E-state index is 11.9. The van der Waals surface area contributed by atoms with Crippen LogP contribution in [0, 0.1) is 6.92 Å². The van der Waals surface area contributed by atoms with Crippen molar-refractivity contribution in [1.29, 1.82) is 0 Å². The zero-order valence-corrected chi connectivity index (χ0v) is 10.1. The topological polar surface area (TPSA) is 35.5 Å². The van der Waals surface area contributed by atoms with Gasteiger partial charge in [0.1, 0.15) is 5.75 Å². The summed E-state index contributed by atoms with van der Waals surface area (Å²) < 4.78 is 10.3. The monoisotopic (exact) mass is 222 g/mol. The van der Waals surface area contributed by atoms with Gasteiger partial charge in [0.2, 0.25) is 0 Å². The zero-order valence-electron chi connectivity index (χ0n) is 10.1. The molecule has 0 aromatic heterocycles. The molecule has 0 saturated carbocycles. The number of ether oxygens (including phenoxy) is 2. The van der Waals surface area contributed by atoms with Crippen molar-refractivity contribution in [2.24, 2.45) is 0 Å². The van der Waals surface area contributed by atoms with Crippen molar-refractivity contribution >= 4 is 5.78 Å². The first kappa shape index (κ1) is 12.7. The van der Waals surface area contributed by atoms with Crippen LogP contribution in [-0.4, -0.2) is 26.1 Å². The molecule has 0 amide bonds. The summed E-state index contributed by atoms with van der Waals surface area (Å²) in [6.45, 7) is 4.97. The molecule has 0 unspecified atom stereocenters. The highest BCUT2D eigenvalue weighted by Gasteiger charge is 2.11. The van der Waals surface area contributed by atoms with E-state index in [9.17, 15) is 4.79 Å². The minimum atomic E-state index is 0.0639. The molecule has 1 aromatic carbocycles. The highest BCUT2D eigenvalue weighted by atomic mass is 16.5. The van der Waals surface area contributed by atoms with Gasteiger partial charge in [0.15, 0.2) is 5.78 Å². The van der Waals surface area contributed by atoms with Crippen molar-refractivity contribution in [3.63, 3.8) is 0 Å². The molecule has 0 bridgehead atoms. The molecule has 3 nitrogen and oxygen atoms in total. The Labute approximate surface area is 96.4 Å². The third kappa shape index (κ3) is 3.35. The Kier molecular flexibility index (Phi) is 4.99. The van der Waals surface area contributed by atoms with E-state index in [-0.39, 0.29) is 5.78 Å². The second-order valence-electron chi connectivity index (χ2n) is 3.57. The first-order valence-corrected chi connectivity index (χ1v) is 5.44. The highest BCUT2D eigenvalue weighted by molar-refractivity contribution is 5.98. The molecule has 1 aromatic rings. The van der Waals surface area contributed by atoms with Crippen molar-refractivity contribution in [3.05, 3.63) is 29.3 Å². The summed E-state index contributed by atoms with van der Waals surface area (Å²) in [5.74, 6) is 0.695. The van der Waals surface area contributed by atoms with Crippen LogP contribution in [0.4, 0.5) is 0 Å². The van der Waals surface area contributed by atoms with E-state index >= 15 is 0 Å². The SMILES string of the molecule is CCOCCC(=O)c1cc(C)ccc1OC. The lowest BCUT2D eigenvalue weighted by molar-refractivity contribution is 0.0893. The third-order valence-corrected chi connectivity index (χ3v) is 2.33. The van der Waals surface area contributed by atoms with Crippen LogP contribution in [-0.2, 0) is 4.74 Å². The number of rotatable bonds is 6. The van der Waals surface area contributed by atoms with E-state index in [2.05, 4.69) is 0 Å². The zero-order chi connectivity index (χ0) is 12.0. The van der Waals surface area contributed by atoms with Crippen LogP contribution in [0.3, 0.4) is 0 Å². The fourth-order valence-corrected chi connectivity index (χ4v) is 1.48. The quantitative estimate of drug-likeness (QED) is 0.548. The maximum Gasteiger partial charge on any atom is 0.168 e. The molecular formula is C13H18O3. The van der Waals surface area contributed by atoms with Crippen LogP contribution >= 0.6 is 0 Å². The van der Waals surface area contributed by atoms with Gasteiger partial charge in [-0.05, 0) is 26.0 Å². The molecule has 0 aliphatic carbocycles. The Bertz CT molecular complexity index is 358. The van der Waals surface area contributed by atoms with Gasteiger partial charge in [0.25, 0.3) is 0 Å². The minimum absolute atomic E-state index is 0.0639. The normalized spacial score (nSPS) is 10.2. The molecule has 0 aliphatic heterocycles. The molecule has 3 heteroatoms. The minimum Gasteiger partial charge on any atom is -0.496 e. The summed E-state index contributed by atoms with van der Waals surface area (Å²) in [5, 5.41) is 0. The van der Waals surface area contributed by atoms with E-state index < -0.39 is 0 Å². The van der Waals surface area contributed by atoms with Crippen molar-refractivity contribution in [2.45, 2.75) is 20.3 Å². The second-order valence-corrected chi connectivity index (χ2v) is 3.57. The first-order chi connectivity index (χ1) is 7.69. The Hall–Kier alpha value is -1.35. The van der Waals surface area contributed by atoms with E-state index in [0.29, 0.717) is 30.9 Å². The van der Waals surface area contributed by atoms with Crippen LogP contribution in [0.2, 0.25) is 0 Å². The molecule has 0 heterocycles. The lowest BCUT2D eigenvalue weighted by atomic mass is 10.0. The van der Waals surface area contributed by atoms with Gasteiger partial charge in [-0.2, -0.15) is 0 Å². The van der Waals surface area contributed by atoms with Gasteiger partial charge in [-0.3, -0.25) is 4.79 Å². The van der Waals surface area contributed by atoms with Crippen molar-refractivity contribution in [3.8, 4) is 5.75 Å². The number of aryl methyl sites for hydroxylation is 1. The molecule has 0 saturated heterocycles. The maximum atomic E-state index is 11.9. The third-order valence-electron chi connectivity index (χ3n) is 2.33. The molecule has 0 spiro atoms.